The fourth-order valence-electron chi connectivity index (χ4n) is 3.05. The first-order valence-corrected chi connectivity index (χ1v) is 8.27. The average molecular weight is 331 g/mol. The van der Waals surface area contributed by atoms with Gasteiger partial charge in [0.25, 0.3) is 0 Å². The Balaban J connectivity index is 1.49. The van der Waals surface area contributed by atoms with Crippen LogP contribution in [0.25, 0.3) is 0 Å². The van der Waals surface area contributed by atoms with Crippen molar-refractivity contribution in [1.29, 1.82) is 0 Å². The summed E-state index contributed by atoms with van der Waals surface area (Å²) in [6.07, 6.45) is 2.47. The number of H-pyrrole nitrogens is 1. The summed E-state index contributed by atoms with van der Waals surface area (Å²) in [4.78, 5) is 18.7. The molecule has 1 aliphatic rings. The van der Waals surface area contributed by atoms with E-state index in [0.29, 0.717) is 18.9 Å². The van der Waals surface area contributed by atoms with E-state index < -0.39 is 5.82 Å². The highest BCUT2D eigenvalue weighted by molar-refractivity contribution is 5.90. The molecule has 1 aromatic carbocycles. The Hall–Kier alpha value is -2.28. The molecule has 0 saturated carbocycles. The van der Waals surface area contributed by atoms with Gasteiger partial charge in [-0.05, 0) is 38.4 Å². The molecule has 2 aromatic rings. The largest absolute Gasteiger partial charge is 0.324 e. The van der Waals surface area contributed by atoms with Crippen molar-refractivity contribution in [3.63, 3.8) is 0 Å². The lowest BCUT2D eigenvalue weighted by Crippen LogP contribution is -2.36. The van der Waals surface area contributed by atoms with Gasteiger partial charge in [-0.2, -0.15) is 5.10 Å². The first-order chi connectivity index (χ1) is 11.6. The Bertz CT molecular complexity index is 702. The number of rotatable bonds is 5. The van der Waals surface area contributed by atoms with Gasteiger partial charge in [0.15, 0.2) is 5.82 Å². The summed E-state index contributed by atoms with van der Waals surface area (Å²) < 4.78 is 13.5. The van der Waals surface area contributed by atoms with Crippen LogP contribution >= 0.6 is 0 Å². The third-order valence-corrected chi connectivity index (χ3v) is 4.29. The molecule has 0 radical (unpaired) electrons. The van der Waals surface area contributed by atoms with Crippen LogP contribution < -0.4 is 5.32 Å². The van der Waals surface area contributed by atoms with Crippen LogP contribution in [0.5, 0.6) is 0 Å². The molecule has 0 bridgehead atoms. The minimum atomic E-state index is -0.413. The summed E-state index contributed by atoms with van der Waals surface area (Å²) in [5.41, 5.74) is 0.232. The second kappa shape index (κ2) is 7.53. The van der Waals surface area contributed by atoms with E-state index >= 15 is 0 Å². The van der Waals surface area contributed by atoms with Crippen molar-refractivity contribution in [1.82, 2.24) is 20.1 Å². The van der Waals surface area contributed by atoms with Gasteiger partial charge in [-0.1, -0.05) is 12.1 Å². The maximum atomic E-state index is 13.5. The van der Waals surface area contributed by atoms with Crippen LogP contribution in [0.4, 0.5) is 10.1 Å². The smallest absolute Gasteiger partial charge is 0.225 e. The van der Waals surface area contributed by atoms with Crippen molar-refractivity contribution < 1.29 is 9.18 Å². The Morgan fingerprint density at radius 1 is 1.46 bits per heavy atom. The molecule has 128 valence electrons. The number of piperidine rings is 1. The summed E-state index contributed by atoms with van der Waals surface area (Å²) in [5.74, 6) is 1.40. The van der Waals surface area contributed by atoms with E-state index in [4.69, 9.17) is 0 Å². The maximum absolute atomic E-state index is 13.5. The molecule has 6 nitrogen and oxygen atoms in total. The van der Waals surface area contributed by atoms with Crippen LogP contribution in [0.3, 0.4) is 0 Å². The predicted molar refractivity (Wildman–Crippen MR) is 89.2 cm³/mol. The quantitative estimate of drug-likeness (QED) is 0.883. The minimum Gasteiger partial charge on any atom is -0.324 e. The molecule has 1 saturated heterocycles. The molecule has 2 heterocycles. The van der Waals surface area contributed by atoms with Crippen molar-refractivity contribution >= 4 is 11.6 Å². The van der Waals surface area contributed by atoms with E-state index in [1.165, 1.54) is 6.07 Å². The highest BCUT2D eigenvalue weighted by Crippen LogP contribution is 2.24. The van der Waals surface area contributed by atoms with Gasteiger partial charge in [0, 0.05) is 25.4 Å². The number of amides is 1. The van der Waals surface area contributed by atoms with Crippen molar-refractivity contribution in [2.75, 3.05) is 25.0 Å². The normalized spacial score (nSPS) is 18.5. The van der Waals surface area contributed by atoms with Gasteiger partial charge in [-0.3, -0.25) is 9.89 Å². The molecule has 0 aliphatic carbocycles. The van der Waals surface area contributed by atoms with E-state index in [-0.39, 0.29) is 11.6 Å². The Morgan fingerprint density at radius 3 is 3.04 bits per heavy atom. The number of hydrogen-bond acceptors (Lipinski definition) is 4. The molecular formula is C17H22FN5O. The standard InChI is InChI=1S/C17H22FN5O/c1-12-19-17(22-21-12)13-5-4-9-23(11-13)10-8-16(24)20-15-7-3-2-6-14(15)18/h2-3,6-7,13H,4-5,8-11H2,1H3,(H,20,24)(H,19,21,22)/t13-/m1/s1. The van der Waals surface area contributed by atoms with Crippen molar-refractivity contribution in [2.45, 2.75) is 32.1 Å². The lowest BCUT2D eigenvalue weighted by atomic mass is 9.97. The fourth-order valence-corrected chi connectivity index (χ4v) is 3.05. The highest BCUT2D eigenvalue weighted by atomic mass is 19.1. The monoisotopic (exact) mass is 331 g/mol. The number of nitrogens with one attached hydrogen (secondary N) is 2. The van der Waals surface area contributed by atoms with Gasteiger partial charge in [-0.15, -0.1) is 0 Å². The van der Waals surface area contributed by atoms with Crippen LogP contribution in [0.15, 0.2) is 24.3 Å². The SMILES string of the molecule is Cc1nc([C@@H]2CCCN(CCC(=O)Nc3ccccc3F)C2)n[nH]1. The number of carbonyl (C=O) groups is 1. The molecule has 1 fully saturated rings. The number of aromatic nitrogens is 3. The maximum Gasteiger partial charge on any atom is 0.225 e. The predicted octanol–water partition coefficient (Wildman–Crippen LogP) is 2.46. The Labute approximate surface area is 140 Å². The molecule has 1 aliphatic heterocycles. The van der Waals surface area contributed by atoms with Gasteiger partial charge in [0.05, 0.1) is 5.69 Å². The summed E-state index contributed by atoms with van der Waals surface area (Å²) in [6.45, 7) is 4.36. The second-order valence-corrected chi connectivity index (χ2v) is 6.20. The molecule has 1 atom stereocenters. The third kappa shape index (κ3) is 4.17. The topological polar surface area (TPSA) is 73.9 Å². The number of benzene rings is 1. The van der Waals surface area contributed by atoms with Crippen LogP contribution in [0.2, 0.25) is 0 Å². The van der Waals surface area contributed by atoms with Crippen molar-refractivity contribution in [2.24, 2.45) is 0 Å². The van der Waals surface area contributed by atoms with E-state index in [2.05, 4.69) is 25.4 Å². The Kier molecular flexibility index (Phi) is 5.20. The number of anilines is 1. The average Bonchev–Trinajstić information content (AvgIpc) is 3.02. The zero-order chi connectivity index (χ0) is 16.9. The summed E-state index contributed by atoms with van der Waals surface area (Å²) in [7, 11) is 0. The third-order valence-electron chi connectivity index (χ3n) is 4.29. The molecule has 7 heteroatoms. The number of para-hydroxylation sites is 1. The number of halogens is 1. The van der Waals surface area contributed by atoms with Gasteiger partial charge in [0.2, 0.25) is 5.91 Å². The van der Waals surface area contributed by atoms with Gasteiger partial charge < -0.3 is 10.2 Å². The summed E-state index contributed by atoms with van der Waals surface area (Å²) >= 11 is 0. The van der Waals surface area contributed by atoms with Crippen molar-refractivity contribution in [3.8, 4) is 0 Å². The highest BCUT2D eigenvalue weighted by Gasteiger charge is 2.24. The molecule has 24 heavy (non-hydrogen) atoms. The first-order valence-electron chi connectivity index (χ1n) is 8.27. The molecule has 3 rings (SSSR count). The number of hydrogen-bond donors (Lipinski definition) is 2. The van der Waals surface area contributed by atoms with Crippen LogP contribution in [0, 0.1) is 12.7 Å². The lowest BCUT2D eigenvalue weighted by Gasteiger charge is -2.31. The van der Waals surface area contributed by atoms with Gasteiger partial charge in [-0.25, -0.2) is 9.37 Å². The van der Waals surface area contributed by atoms with Crippen LogP contribution in [-0.2, 0) is 4.79 Å². The lowest BCUT2D eigenvalue weighted by molar-refractivity contribution is -0.116. The molecule has 0 spiro atoms. The van der Waals surface area contributed by atoms with Crippen LogP contribution in [-0.4, -0.2) is 45.6 Å². The van der Waals surface area contributed by atoms with Crippen molar-refractivity contribution in [3.05, 3.63) is 41.7 Å². The van der Waals surface area contributed by atoms with E-state index in [1.54, 1.807) is 18.2 Å². The molecule has 2 N–H and O–H groups in total. The fraction of sp³-hybridized carbons (Fsp3) is 0.471. The number of aromatic amines is 1. The van der Waals surface area contributed by atoms with Gasteiger partial charge in [0.1, 0.15) is 11.6 Å². The number of likely N-dealkylation sites (tertiary alicyclic amines) is 1. The second-order valence-electron chi connectivity index (χ2n) is 6.20. The van der Waals surface area contributed by atoms with E-state index in [1.807, 2.05) is 6.92 Å². The molecule has 0 unspecified atom stereocenters. The molecular weight excluding hydrogens is 309 g/mol. The Morgan fingerprint density at radius 2 is 2.29 bits per heavy atom. The zero-order valence-electron chi connectivity index (χ0n) is 13.8. The number of carbonyl (C=O) groups excluding carboxylic acids is 1. The van der Waals surface area contributed by atoms with Gasteiger partial charge >= 0.3 is 0 Å². The minimum absolute atomic E-state index is 0.170. The summed E-state index contributed by atoms with van der Waals surface area (Å²) in [5, 5.41) is 9.76. The first kappa shape index (κ1) is 16.6. The summed E-state index contributed by atoms with van der Waals surface area (Å²) in [6, 6.07) is 6.20. The van der Waals surface area contributed by atoms with E-state index in [9.17, 15) is 9.18 Å². The van der Waals surface area contributed by atoms with Crippen LogP contribution in [0.1, 0.15) is 36.8 Å². The number of nitrogens with zero attached hydrogens (tertiary/aromatic N) is 3. The molecule has 1 amide bonds. The van der Waals surface area contributed by atoms with E-state index in [0.717, 1.165) is 37.6 Å². The zero-order valence-corrected chi connectivity index (χ0v) is 13.8. The number of aryl methyl sites for hydroxylation is 1. The molecule has 1 aromatic heterocycles.